The second-order valence-electron chi connectivity index (χ2n) is 5.92. The standard InChI is InChI=1S/C19H18N2O/c22-18-10-4-3-9-17-19(18)15-7-1-2-8-16(15)21(17)13-14-6-5-11-20-12-14/h1-2,5-8,11-12H,3-4,9-10,13H2. The van der Waals surface area contributed by atoms with Gasteiger partial charge in [0.25, 0.3) is 0 Å². The molecule has 0 fully saturated rings. The Morgan fingerprint density at radius 1 is 1.05 bits per heavy atom. The number of nitrogens with zero attached hydrogens (tertiary/aromatic N) is 2. The summed E-state index contributed by atoms with van der Waals surface area (Å²) in [6.45, 7) is 0.775. The predicted octanol–water partition coefficient (Wildman–Crippen LogP) is 3.99. The van der Waals surface area contributed by atoms with Crippen LogP contribution in [0.25, 0.3) is 10.9 Å². The highest BCUT2D eigenvalue weighted by Gasteiger charge is 2.24. The molecule has 22 heavy (non-hydrogen) atoms. The van der Waals surface area contributed by atoms with Gasteiger partial charge in [-0.2, -0.15) is 0 Å². The lowest BCUT2D eigenvalue weighted by molar-refractivity contribution is 0.0983. The first-order valence-electron chi connectivity index (χ1n) is 7.87. The number of carbonyl (C=O) groups excluding carboxylic acids is 1. The molecule has 3 aromatic rings. The molecule has 2 aromatic heterocycles. The van der Waals surface area contributed by atoms with Crippen molar-refractivity contribution in [3.05, 3.63) is 65.6 Å². The molecule has 0 unspecified atom stereocenters. The lowest BCUT2D eigenvalue weighted by Gasteiger charge is -2.10. The van der Waals surface area contributed by atoms with Gasteiger partial charge in [-0.3, -0.25) is 9.78 Å². The molecule has 0 N–H and O–H groups in total. The minimum atomic E-state index is 0.300. The Kier molecular flexibility index (Phi) is 3.26. The molecule has 0 atom stereocenters. The number of hydrogen-bond donors (Lipinski definition) is 0. The third kappa shape index (κ3) is 2.13. The molecule has 1 aliphatic carbocycles. The second-order valence-corrected chi connectivity index (χ2v) is 5.92. The van der Waals surface area contributed by atoms with Gasteiger partial charge in [0.2, 0.25) is 0 Å². The normalized spacial score (nSPS) is 14.8. The van der Waals surface area contributed by atoms with Crippen LogP contribution in [0, 0.1) is 0 Å². The van der Waals surface area contributed by atoms with Gasteiger partial charge in [-0.1, -0.05) is 24.3 Å². The summed E-state index contributed by atoms with van der Waals surface area (Å²) in [6, 6.07) is 12.3. The molecular weight excluding hydrogens is 272 g/mol. The molecule has 0 spiro atoms. The molecule has 1 aliphatic rings. The topological polar surface area (TPSA) is 34.9 Å². The fraction of sp³-hybridized carbons (Fsp3) is 0.263. The summed E-state index contributed by atoms with van der Waals surface area (Å²) in [7, 11) is 0. The highest BCUT2D eigenvalue weighted by Crippen LogP contribution is 2.32. The van der Waals surface area contributed by atoms with Gasteiger partial charge in [-0.05, 0) is 37.0 Å². The summed E-state index contributed by atoms with van der Waals surface area (Å²) in [5.41, 5.74) is 4.49. The van der Waals surface area contributed by atoms with Crippen LogP contribution in [0.3, 0.4) is 0 Å². The molecule has 4 rings (SSSR count). The first-order chi connectivity index (χ1) is 10.8. The molecule has 2 heterocycles. The van der Waals surface area contributed by atoms with Gasteiger partial charge in [0.05, 0.1) is 0 Å². The van der Waals surface area contributed by atoms with E-state index in [4.69, 9.17) is 0 Å². The molecule has 0 saturated heterocycles. The van der Waals surface area contributed by atoms with Gasteiger partial charge < -0.3 is 4.57 Å². The predicted molar refractivity (Wildman–Crippen MR) is 87.2 cm³/mol. The van der Waals surface area contributed by atoms with E-state index in [2.05, 4.69) is 27.8 Å². The van der Waals surface area contributed by atoms with E-state index in [1.807, 2.05) is 24.4 Å². The number of para-hydroxylation sites is 1. The van der Waals surface area contributed by atoms with Gasteiger partial charge in [-0.15, -0.1) is 0 Å². The van der Waals surface area contributed by atoms with E-state index >= 15 is 0 Å². The third-order valence-electron chi connectivity index (χ3n) is 4.49. The molecule has 3 heteroatoms. The van der Waals surface area contributed by atoms with Crippen molar-refractivity contribution in [3.63, 3.8) is 0 Å². The van der Waals surface area contributed by atoms with Crippen molar-refractivity contribution in [2.45, 2.75) is 32.2 Å². The van der Waals surface area contributed by atoms with Crippen molar-refractivity contribution in [1.29, 1.82) is 0 Å². The molecule has 110 valence electrons. The van der Waals surface area contributed by atoms with Crippen LogP contribution >= 0.6 is 0 Å². The van der Waals surface area contributed by atoms with E-state index in [1.165, 1.54) is 11.3 Å². The number of hydrogen-bond acceptors (Lipinski definition) is 2. The van der Waals surface area contributed by atoms with Crippen LogP contribution in [0.5, 0.6) is 0 Å². The van der Waals surface area contributed by atoms with Crippen LogP contribution in [0.15, 0.2) is 48.8 Å². The number of carbonyl (C=O) groups is 1. The SMILES string of the molecule is O=C1CCCCc2c1c1ccccc1n2Cc1cccnc1. The molecule has 1 aromatic carbocycles. The van der Waals surface area contributed by atoms with Crippen molar-refractivity contribution in [3.8, 4) is 0 Å². The number of benzene rings is 1. The summed E-state index contributed by atoms with van der Waals surface area (Å²) in [4.78, 5) is 16.8. The Morgan fingerprint density at radius 3 is 2.77 bits per heavy atom. The Balaban J connectivity index is 1.93. The number of rotatable bonds is 2. The number of Topliss-reactive ketones (excluding diaryl/α,β-unsaturated/α-hetero) is 1. The molecule has 0 radical (unpaired) electrons. The van der Waals surface area contributed by atoms with Gasteiger partial charge in [0, 0.05) is 47.5 Å². The fourth-order valence-corrected chi connectivity index (χ4v) is 3.49. The Hall–Kier alpha value is -2.42. The minimum Gasteiger partial charge on any atom is -0.339 e. The van der Waals surface area contributed by atoms with Crippen molar-refractivity contribution in [1.82, 2.24) is 9.55 Å². The average molecular weight is 290 g/mol. The van der Waals surface area contributed by atoms with Gasteiger partial charge in [-0.25, -0.2) is 0 Å². The zero-order valence-corrected chi connectivity index (χ0v) is 12.5. The molecule has 0 amide bonds. The maximum Gasteiger partial charge on any atom is 0.165 e. The largest absolute Gasteiger partial charge is 0.339 e. The monoisotopic (exact) mass is 290 g/mol. The van der Waals surface area contributed by atoms with E-state index in [-0.39, 0.29) is 0 Å². The Morgan fingerprint density at radius 2 is 1.91 bits per heavy atom. The maximum atomic E-state index is 12.6. The van der Waals surface area contributed by atoms with Gasteiger partial charge in [0.15, 0.2) is 5.78 Å². The molecular formula is C19H18N2O. The fourth-order valence-electron chi connectivity index (χ4n) is 3.49. The van der Waals surface area contributed by atoms with Crippen LogP contribution in [-0.4, -0.2) is 15.3 Å². The minimum absolute atomic E-state index is 0.300. The van der Waals surface area contributed by atoms with Crippen molar-refractivity contribution < 1.29 is 4.79 Å². The van der Waals surface area contributed by atoms with Crippen molar-refractivity contribution >= 4 is 16.7 Å². The maximum absolute atomic E-state index is 12.6. The summed E-state index contributed by atoms with van der Waals surface area (Å²) in [5.74, 6) is 0.300. The first-order valence-corrected chi connectivity index (χ1v) is 7.87. The van der Waals surface area contributed by atoms with Gasteiger partial charge in [0.1, 0.15) is 0 Å². The zero-order chi connectivity index (χ0) is 14.9. The Bertz CT molecular complexity index is 833. The number of aromatic nitrogens is 2. The van der Waals surface area contributed by atoms with E-state index in [0.717, 1.165) is 42.3 Å². The summed E-state index contributed by atoms with van der Waals surface area (Å²) in [6.07, 6.45) is 7.43. The number of ketones is 1. The van der Waals surface area contributed by atoms with E-state index in [0.29, 0.717) is 12.2 Å². The molecule has 0 saturated carbocycles. The van der Waals surface area contributed by atoms with Crippen LogP contribution in [-0.2, 0) is 13.0 Å². The molecule has 3 nitrogen and oxygen atoms in total. The summed E-state index contributed by atoms with van der Waals surface area (Å²) < 4.78 is 2.31. The van der Waals surface area contributed by atoms with E-state index in [9.17, 15) is 4.79 Å². The lowest BCUT2D eigenvalue weighted by atomic mass is 10.1. The van der Waals surface area contributed by atoms with E-state index in [1.54, 1.807) is 6.20 Å². The van der Waals surface area contributed by atoms with Crippen LogP contribution in [0.2, 0.25) is 0 Å². The third-order valence-corrected chi connectivity index (χ3v) is 4.49. The summed E-state index contributed by atoms with van der Waals surface area (Å²) >= 11 is 0. The van der Waals surface area contributed by atoms with Crippen LogP contribution in [0.4, 0.5) is 0 Å². The highest BCUT2D eigenvalue weighted by molar-refractivity contribution is 6.09. The summed E-state index contributed by atoms with van der Waals surface area (Å²) in [5, 5.41) is 1.10. The molecule has 0 bridgehead atoms. The lowest BCUT2D eigenvalue weighted by Crippen LogP contribution is -2.06. The smallest absolute Gasteiger partial charge is 0.165 e. The number of fused-ring (bicyclic) bond motifs is 3. The zero-order valence-electron chi connectivity index (χ0n) is 12.5. The quantitative estimate of drug-likeness (QED) is 0.669. The second kappa shape index (κ2) is 5.41. The first kappa shape index (κ1) is 13.3. The van der Waals surface area contributed by atoms with Crippen LogP contribution in [0.1, 0.15) is 40.9 Å². The van der Waals surface area contributed by atoms with Crippen molar-refractivity contribution in [2.24, 2.45) is 0 Å². The Labute approximate surface area is 129 Å². The highest BCUT2D eigenvalue weighted by atomic mass is 16.1. The average Bonchev–Trinajstić information content (AvgIpc) is 2.73. The van der Waals surface area contributed by atoms with Gasteiger partial charge >= 0.3 is 0 Å². The van der Waals surface area contributed by atoms with Crippen LogP contribution < -0.4 is 0 Å². The number of pyridine rings is 1. The molecule has 0 aliphatic heterocycles. The van der Waals surface area contributed by atoms with E-state index < -0.39 is 0 Å². The van der Waals surface area contributed by atoms with Crippen molar-refractivity contribution in [2.75, 3.05) is 0 Å².